The molecule has 0 aromatic heterocycles. The van der Waals surface area contributed by atoms with E-state index in [1.165, 1.54) is 39.5 Å². The molecule has 1 rings (SSSR count). The molecule has 1 aliphatic carbocycles. The number of carbonyl (C=O) groups is 1. The van der Waals surface area contributed by atoms with Gasteiger partial charge in [0.15, 0.2) is 5.78 Å². The van der Waals surface area contributed by atoms with Gasteiger partial charge in [0.2, 0.25) is 0 Å². The van der Waals surface area contributed by atoms with Gasteiger partial charge in [0.25, 0.3) is 0 Å². The molecule has 0 aromatic carbocycles. The number of hydrogen-bond acceptors (Lipinski definition) is 2. The number of ketones is 1. The van der Waals surface area contributed by atoms with Crippen molar-refractivity contribution < 1.29 is 30.0 Å². The minimum Gasteiger partial charge on any atom is -0.876 e. The van der Waals surface area contributed by atoms with Crippen LogP contribution in [-0.2, 0) is 24.9 Å². The summed E-state index contributed by atoms with van der Waals surface area (Å²) in [5, 5.41) is 9.98. The third-order valence-electron chi connectivity index (χ3n) is 1.74. The fourth-order valence-electron chi connectivity index (χ4n) is 1.14. The Bertz CT molecular complexity index is 235. The maximum atomic E-state index is 9.98. The molecule has 2 nitrogen and oxygen atoms in total. The third kappa shape index (κ3) is 15.8. The summed E-state index contributed by atoms with van der Waals surface area (Å²) < 4.78 is 0. The van der Waals surface area contributed by atoms with E-state index in [1.807, 2.05) is 0 Å². The Labute approximate surface area is 111 Å². The minimum atomic E-state index is -0.187. The Balaban J connectivity index is 0. The van der Waals surface area contributed by atoms with Crippen LogP contribution in [0.2, 0.25) is 0 Å². The first-order valence-corrected chi connectivity index (χ1v) is 5.29. The maximum Gasteiger partial charge on any atom is 0.151 e. The molecule has 0 spiro atoms. The van der Waals surface area contributed by atoms with Crippen LogP contribution in [0, 0.1) is 0 Å². The van der Waals surface area contributed by atoms with Crippen molar-refractivity contribution in [3.63, 3.8) is 0 Å². The van der Waals surface area contributed by atoms with Crippen molar-refractivity contribution in [1.29, 1.82) is 0 Å². The first-order valence-electron chi connectivity index (χ1n) is 5.29. The first kappa shape index (κ1) is 17.7. The largest absolute Gasteiger partial charge is 0.876 e. The van der Waals surface area contributed by atoms with Gasteiger partial charge in [-0.15, -0.1) is 5.76 Å². The molecule has 0 heterocycles. The van der Waals surface area contributed by atoms with Gasteiger partial charge in [-0.1, -0.05) is 31.2 Å². The first-order chi connectivity index (χ1) is 7.13. The third-order valence-corrected chi connectivity index (χ3v) is 1.74. The maximum absolute atomic E-state index is 9.98. The van der Waals surface area contributed by atoms with E-state index in [0.717, 1.165) is 6.08 Å². The van der Waals surface area contributed by atoms with Gasteiger partial charge >= 0.3 is 0 Å². The Kier molecular flexibility index (Phi) is 13.7. The average molecular weight is 400 g/mol. The van der Waals surface area contributed by atoms with Crippen molar-refractivity contribution in [1.82, 2.24) is 0 Å². The van der Waals surface area contributed by atoms with Crippen LogP contribution < -0.4 is 5.11 Å². The van der Waals surface area contributed by atoms with Gasteiger partial charge in [-0.25, -0.2) is 0 Å². The summed E-state index contributed by atoms with van der Waals surface area (Å²) in [6.07, 6.45) is 15.1. The molecule has 3 heteroatoms. The number of allylic oxidation sites excluding steroid dienone is 6. The van der Waals surface area contributed by atoms with E-state index in [4.69, 9.17) is 0 Å². The van der Waals surface area contributed by atoms with Crippen LogP contribution in [-0.4, -0.2) is 5.78 Å². The fourth-order valence-corrected chi connectivity index (χ4v) is 1.14. The molecule has 16 heavy (non-hydrogen) atoms. The molecule has 0 amide bonds. The van der Waals surface area contributed by atoms with E-state index in [0.29, 0.717) is 0 Å². The zero-order chi connectivity index (χ0) is 11.5. The Morgan fingerprint density at radius 2 is 1.31 bits per heavy atom. The van der Waals surface area contributed by atoms with Gasteiger partial charge in [-0.3, -0.25) is 4.79 Å². The second-order valence-electron chi connectivity index (χ2n) is 3.46. The van der Waals surface area contributed by atoms with E-state index in [1.54, 1.807) is 0 Å². The summed E-state index contributed by atoms with van der Waals surface area (Å²) >= 11 is 0. The normalized spacial score (nSPS) is 19.0. The van der Waals surface area contributed by atoms with Crippen LogP contribution in [0.3, 0.4) is 0 Å². The molecule has 1 radical (unpaired) electrons. The average Bonchev–Trinajstić information content (AvgIpc) is 1.99. The second kappa shape index (κ2) is 12.4. The van der Waals surface area contributed by atoms with Crippen LogP contribution in [0.4, 0.5) is 0 Å². The van der Waals surface area contributed by atoms with Crippen molar-refractivity contribution >= 4 is 5.78 Å². The van der Waals surface area contributed by atoms with E-state index >= 15 is 0 Å². The molecule has 0 saturated heterocycles. The van der Waals surface area contributed by atoms with Crippen molar-refractivity contribution in [3.05, 3.63) is 36.1 Å². The zero-order valence-corrected chi connectivity index (χ0v) is 12.3. The van der Waals surface area contributed by atoms with Gasteiger partial charge in [0.1, 0.15) is 0 Å². The molecular weight excluding hydrogens is 380 g/mol. The molecule has 0 aliphatic heterocycles. The summed E-state index contributed by atoms with van der Waals surface area (Å²) in [4.78, 5) is 9.98. The van der Waals surface area contributed by atoms with Crippen molar-refractivity contribution in [3.8, 4) is 0 Å². The Morgan fingerprint density at radius 1 is 1.00 bits per heavy atom. The van der Waals surface area contributed by atoms with Crippen LogP contribution in [0.25, 0.3) is 0 Å². The van der Waals surface area contributed by atoms with Crippen molar-refractivity contribution in [2.24, 2.45) is 0 Å². The van der Waals surface area contributed by atoms with Crippen LogP contribution in [0.1, 0.15) is 39.5 Å². The zero-order valence-electron chi connectivity index (χ0n) is 9.87. The summed E-state index contributed by atoms with van der Waals surface area (Å²) in [5.41, 5.74) is 0. The van der Waals surface area contributed by atoms with Gasteiger partial charge < -0.3 is 5.11 Å². The SMILES string of the molecule is C1=C\CC/C=C\CC/1.CC(=O)/C=C(/C)[O-].[Ir]. The van der Waals surface area contributed by atoms with Crippen LogP contribution in [0.5, 0.6) is 0 Å². The predicted molar refractivity (Wildman–Crippen MR) is 61.2 cm³/mol. The summed E-state index contributed by atoms with van der Waals surface area (Å²) in [7, 11) is 0. The molecule has 1 aliphatic rings. The molecule has 0 aromatic rings. The molecule has 0 unspecified atom stereocenters. The van der Waals surface area contributed by atoms with E-state index < -0.39 is 0 Å². The molecule has 0 saturated carbocycles. The summed E-state index contributed by atoms with van der Waals surface area (Å²) in [6.45, 7) is 2.70. The van der Waals surface area contributed by atoms with E-state index in [2.05, 4.69) is 24.3 Å². The monoisotopic (exact) mass is 400 g/mol. The van der Waals surface area contributed by atoms with E-state index in [9.17, 15) is 9.90 Å². The second-order valence-corrected chi connectivity index (χ2v) is 3.46. The van der Waals surface area contributed by atoms with Crippen LogP contribution in [0.15, 0.2) is 36.1 Å². The number of rotatable bonds is 1. The van der Waals surface area contributed by atoms with Crippen LogP contribution >= 0.6 is 0 Å². The van der Waals surface area contributed by atoms with Gasteiger partial charge in [-0.2, -0.15) is 0 Å². The predicted octanol–water partition coefficient (Wildman–Crippen LogP) is 2.51. The molecule has 0 N–H and O–H groups in total. The van der Waals surface area contributed by atoms with Gasteiger partial charge in [-0.05, 0) is 38.7 Å². The Hall–Kier alpha value is -0.661. The molecular formula is C13H19IrO2-. The van der Waals surface area contributed by atoms with Gasteiger partial charge in [0.05, 0.1) is 0 Å². The topological polar surface area (TPSA) is 40.1 Å². The molecule has 93 valence electrons. The van der Waals surface area contributed by atoms with E-state index in [-0.39, 0.29) is 31.6 Å². The Morgan fingerprint density at radius 3 is 1.44 bits per heavy atom. The number of carbonyl (C=O) groups excluding carboxylic acids is 1. The van der Waals surface area contributed by atoms with Crippen molar-refractivity contribution in [2.45, 2.75) is 39.5 Å². The van der Waals surface area contributed by atoms with Gasteiger partial charge in [0, 0.05) is 20.1 Å². The smallest absolute Gasteiger partial charge is 0.151 e. The number of hydrogen-bond donors (Lipinski definition) is 0. The molecule has 0 fully saturated rings. The fraction of sp³-hybridized carbons (Fsp3) is 0.462. The summed E-state index contributed by atoms with van der Waals surface area (Å²) in [5.74, 6) is -0.375. The minimum absolute atomic E-state index is 0. The quantitative estimate of drug-likeness (QED) is 0.386. The summed E-state index contributed by atoms with van der Waals surface area (Å²) in [6, 6.07) is 0. The van der Waals surface area contributed by atoms with Crippen molar-refractivity contribution in [2.75, 3.05) is 0 Å². The standard InChI is InChI=1S/C8H12.C5H8O2.Ir/c1-2-4-6-8-7-5-3-1;1-4(6)3-5(2)7;/h1-2,7-8H,3-6H2;3,6H,1-2H3;/p-1/b2-1-,8-7-;4-3-;. The molecule has 0 atom stereocenters. The molecule has 0 bridgehead atoms.